The molecule has 0 N–H and O–H groups in total. The van der Waals surface area contributed by atoms with Crippen molar-refractivity contribution in [2.45, 2.75) is 26.7 Å². The van der Waals surface area contributed by atoms with Crippen LogP contribution in [0.1, 0.15) is 26.7 Å². The van der Waals surface area contributed by atoms with Gasteiger partial charge >= 0.3 is 0 Å². The Bertz CT molecular complexity index is 178. The van der Waals surface area contributed by atoms with Gasteiger partial charge in [0, 0.05) is 17.9 Å². The Morgan fingerprint density at radius 3 is 1.68 bits per heavy atom. The minimum absolute atomic E-state index is 0.267. The average molecular weight is 341 g/mol. The molecule has 0 fully saturated rings. The van der Waals surface area contributed by atoms with E-state index in [-0.39, 0.29) is 5.41 Å². The Morgan fingerprint density at radius 2 is 1.26 bits per heavy atom. The lowest BCUT2D eigenvalue weighted by molar-refractivity contribution is -0.0123. The summed E-state index contributed by atoms with van der Waals surface area (Å²) in [5.74, 6) is 0. The van der Waals surface area contributed by atoms with Gasteiger partial charge in [0.2, 0.25) is 0 Å². The van der Waals surface area contributed by atoms with E-state index in [1.807, 2.05) is 0 Å². The second-order valence-corrected chi connectivity index (χ2v) is 5.17. The lowest BCUT2D eigenvalue weighted by atomic mass is 9.86. The Kier molecular flexibility index (Phi) is 13.5. The van der Waals surface area contributed by atoms with Gasteiger partial charge in [-0.05, 0) is 12.8 Å². The molecule has 0 rings (SSSR count). The zero-order valence-electron chi connectivity index (χ0n) is 12.6. The molecule has 0 aromatic carbocycles. The minimum Gasteiger partial charge on any atom is -0.382 e. The number of rotatable bonds is 14. The van der Waals surface area contributed by atoms with Crippen molar-refractivity contribution in [3.63, 3.8) is 0 Å². The molecule has 0 atom stereocenters. The quantitative estimate of drug-likeness (QED) is 0.360. The highest BCUT2D eigenvalue weighted by molar-refractivity contribution is 9.09. The third-order valence-corrected chi connectivity index (χ3v) is 4.56. The first-order chi connectivity index (χ1) is 9.24. The molecule has 0 aliphatic rings. The predicted molar refractivity (Wildman–Crippen MR) is 81.1 cm³/mol. The molecule has 0 aliphatic carbocycles. The zero-order chi connectivity index (χ0) is 14.4. The van der Waals surface area contributed by atoms with Crippen LogP contribution >= 0.6 is 15.9 Å². The largest absolute Gasteiger partial charge is 0.382 e. The van der Waals surface area contributed by atoms with E-state index in [2.05, 4.69) is 29.8 Å². The summed E-state index contributed by atoms with van der Waals surface area (Å²) >= 11 is 3.58. The summed E-state index contributed by atoms with van der Waals surface area (Å²) < 4.78 is 21.3. The van der Waals surface area contributed by atoms with Crippen LogP contribution in [0.2, 0.25) is 0 Å². The molecule has 0 unspecified atom stereocenters. The number of methoxy groups -OCH3 is 1. The van der Waals surface area contributed by atoms with Crippen LogP contribution < -0.4 is 0 Å². The topological polar surface area (TPSA) is 36.9 Å². The maximum Gasteiger partial charge on any atom is 0.0701 e. The molecule has 0 aliphatic heterocycles. The van der Waals surface area contributed by atoms with Crippen molar-refractivity contribution in [3.8, 4) is 0 Å². The summed E-state index contributed by atoms with van der Waals surface area (Å²) in [6.07, 6.45) is 2.26. The molecule has 19 heavy (non-hydrogen) atoms. The number of hydrogen-bond acceptors (Lipinski definition) is 4. The second kappa shape index (κ2) is 13.3. The summed E-state index contributed by atoms with van der Waals surface area (Å²) in [6, 6.07) is 0. The maximum atomic E-state index is 5.70. The first kappa shape index (κ1) is 19.3. The molecule has 0 bridgehead atoms. The molecular weight excluding hydrogens is 312 g/mol. The summed E-state index contributed by atoms with van der Waals surface area (Å²) in [6.45, 7) is 8.95. The highest BCUT2D eigenvalue weighted by Gasteiger charge is 2.24. The van der Waals surface area contributed by atoms with Gasteiger partial charge in [0.25, 0.3) is 0 Å². The molecule has 116 valence electrons. The molecular formula is C14H29BrO4. The normalized spacial score (nSPS) is 12.0. The molecule has 0 spiro atoms. The number of alkyl halides is 1. The van der Waals surface area contributed by atoms with Crippen molar-refractivity contribution in [3.05, 3.63) is 0 Å². The third-order valence-electron chi connectivity index (χ3n) is 3.37. The molecule has 0 heterocycles. The van der Waals surface area contributed by atoms with E-state index in [1.54, 1.807) is 7.11 Å². The Hall–Kier alpha value is 0.320. The fourth-order valence-corrected chi connectivity index (χ4v) is 2.51. The Labute approximate surface area is 126 Å². The van der Waals surface area contributed by atoms with Crippen LogP contribution in [0.5, 0.6) is 0 Å². The molecule has 5 heteroatoms. The maximum absolute atomic E-state index is 5.70. The third kappa shape index (κ3) is 9.79. The monoisotopic (exact) mass is 340 g/mol. The van der Waals surface area contributed by atoms with E-state index >= 15 is 0 Å². The lowest BCUT2D eigenvalue weighted by Gasteiger charge is -2.29. The fraction of sp³-hybridized carbons (Fsp3) is 1.00. The van der Waals surface area contributed by atoms with Crippen molar-refractivity contribution in [2.75, 3.05) is 58.7 Å². The SMILES string of the molecule is CCC(CC)(CBr)COCCOCCOCCOC. The molecule has 0 radical (unpaired) electrons. The zero-order valence-corrected chi connectivity index (χ0v) is 14.2. The summed E-state index contributed by atoms with van der Waals surface area (Å²) in [4.78, 5) is 0. The van der Waals surface area contributed by atoms with Crippen molar-refractivity contribution >= 4 is 15.9 Å². The summed E-state index contributed by atoms with van der Waals surface area (Å²) in [5, 5.41) is 0.987. The molecule has 0 saturated heterocycles. The smallest absolute Gasteiger partial charge is 0.0701 e. The Morgan fingerprint density at radius 1 is 0.789 bits per heavy atom. The van der Waals surface area contributed by atoms with Crippen LogP contribution in [0.25, 0.3) is 0 Å². The van der Waals surface area contributed by atoms with Crippen molar-refractivity contribution in [1.29, 1.82) is 0 Å². The molecule has 4 nitrogen and oxygen atoms in total. The number of hydrogen-bond donors (Lipinski definition) is 0. The van der Waals surface area contributed by atoms with Crippen LogP contribution in [0, 0.1) is 5.41 Å². The lowest BCUT2D eigenvalue weighted by Crippen LogP contribution is -2.28. The molecule has 0 amide bonds. The van der Waals surface area contributed by atoms with Gasteiger partial charge in [-0.3, -0.25) is 0 Å². The molecule has 0 saturated carbocycles. The van der Waals surface area contributed by atoms with Gasteiger partial charge in [0.05, 0.1) is 46.2 Å². The van der Waals surface area contributed by atoms with Gasteiger partial charge in [-0.2, -0.15) is 0 Å². The van der Waals surface area contributed by atoms with Crippen molar-refractivity contribution < 1.29 is 18.9 Å². The average Bonchev–Trinajstić information content (AvgIpc) is 2.46. The predicted octanol–water partition coefficient (Wildman–Crippen LogP) is 2.88. The standard InChI is InChI=1S/C14H29BrO4/c1-4-14(5-2,12-15)13-19-11-10-18-9-8-17-7-6-16-3/h4-13H2,1-3H3. The Balaban J connectivity index is 3.35. The van der Waals surface area contributed by atoms with Crippen LogP contribution in [0.15, 0.2) is 0 Å². The highest BCUT2D eigenvalue weighted by atomic mass is 79.9. The van der Waals surface area contributed by atoms with E-state index in [9.17, 15) is 0 Å². The van der Waals surface area contributed by atoms with E-state index in [0.717, 1.165) is 24.8 Å². The van der Waals surface area contributed by atoms with Crippen LogP contribution in [-0.4, -0.2) is 58.7 Å². The van der Waals surface area contributed by atoms with Gasteiger partial charge in [0.15, 0.2) is 0 Å². The van der Waals surface area contributed by atoms with Crippen LogP contribution in [0.4, 0.5) is 0 Å². The second-order valence-electron chi connectivity index (χ2n) is 4.61. The highest BCUT2D eigenvalue weighted by Crippen LogP contribution is 2.28. The number of ether oxygens (including phenoxy) is 4. The first-order valence-corrected chi connectivity index (χ1v) is 8.15. The van der Waals surface area contributed by atoms with Gasteiger partial charge < -0.3 is 18.9 Å². The van der Waals surface area contributed by atoms with E-state index < -0.39 is 0 Å². The fourth-order valence-electron chi connectivity index (χ4n) is 1.55. The van der Waals surface area contributed by atoms with Crippen LogP contribution in [-0.2, 0) is 18.9 Å². The van der Waals surface area contributed by atoms with Crippen molar-refractivity contribution in [1.82, 2.24) is 0 Å². The van der Waals surface area contributed by atoms with Gasteiger partial charge in [-0.25, -0.2) is 0 Å². The van der Waals surface area contributed by atoms with E-state index in [4.69, 9.17) is 18.9 Å². The van der Waals surface area contributed by atoms with E-state index in [0.29, 0.717) is 39.6 Å². The van der Waals surface area contributed by atoms with Crippen molar-refractivity contribution in [2.24, 2.45) is 5.41 Å². The molecule has 0 aromatic rings. The number of halogens is 1. The van der Waals surface area contributed by atoms with Gasteiger partial charge in [-0.1, -0.05) is 29.8 Å². The summed E-state index contributed by atoms with van der Waals surface area (Å²) in [5.41, 5.74) is 0.267. The van der Waals surface area contributed by atoms with Gasteiger partial charge in [-0.15, -0.1) is 0 Å². The summed E-state index contributed by atoms with van der Waals surface area (Å²) in [7, 11) is 1.66. The van der Waals surface area contributed by atoms with Crippen LogP contribution in [0.3, 0.4) is 0 Å². The first-order valence-electron chi connectivity index (χ1n) is 7.02. The molecule has 0 aromatic heterocycles. The van der Waals surface area contributed by atoms with E-state index in [1.165, 1.54) is 0 Å². The van der Waals surface area contributed by atoms with Gasteiger partial charge in [0.1, 0.15) is 0 Å². The minimum atomic E-state index is 0.267.